The fraction of sp³-hybridized carbons (Fsp3) is 0.176. The van der Waals surface area contributed by atoms with E-state index in [1.807, 2.05) is 30.3 Å². The summed E-state index contributed by atoms with van der Waals surface area (Å²) in [5.41, 5.74) is 4.02. The van der Waals surface area contributed by atoms with Crippen molar-refractivity contribution in [1.29, 1.82) is 0 Å². The van der Waals surface area contributed by atoms with Gasteiger partial charge in [-0.15, -0.1) is 11.3 Å². The smallest absolute Gasteiger partial charge is 0.184 e. The zero-order valence-electron chi connectivity index (χ0n) is 12.3. The highest BCUT2D eigenvalue weighted by Gasteiger charge is 2.19. The van der Waals surface area contributed by atoms with Crippen molar-refractivity contribution in [3.8, 4) is 11.3 Å². The Morgan fingerprint density at radius 2 is 2.05 bits per heavy atom. The number of thiophene rings is 1. The second kappa shape index (κ2) is 5.19. The first-order valence-corrected chi connectivity index (χ1v) is 7.82. The Bertz CT molecular complexity index is 957. The van der Waals surface area contributed by atoms with Crippen molar-refractivity contribution in [3.05, 3.63) is 47.7 Å². The number of methoxy groups -OCH3 is 1. The van der Waals surface area contributed by atoms with Gasteiger partial charge < -0.3 is 9.26 Å². The van der Waals surface area contributed by atoms with Gasteiger partial charge in [-0.1, -0.05) is 35.5 Å². The number of hydrogen-bond donors (Lipinski definition) is 0. The summed E-state index contributed by atoms with van der Waals surface area (Å²) in [6.45, 7) is 2.59. The molecule has 1 aromatic carbocycles. The van der Waals surface area contributed by atoms with E-state index in [0.717, 1.165) is 43.0 Å². The van der Waals surface area contributed by atoms with Gasteiger partial charge in [-0.2, -0.15) is 0 Å². The van der Waals surface area contributed by atoms with E-state index in [2.05, 4.69) is 23.1 Å². The zero-order valence-corrected chi connectivity index (χ0v) is 13.1. The Hall–Kier alpha value is -2.24. The third-order valence-corrected chi connectivity index (χ3v) is 4.72. The maximum Gasteiger partial charge on any atom is 0.184 e. The molecule has 0 N–H and O–H groups in total. The second-order valence-electron chi connectivity index (χ2n) is 5.20. The number of aryl methyl sites for hydroxylation is 1. The molecular weight excluding hydrogens is 296 g/mol. The van der Waals surface area contributed by atoms with Gasteiger partial charge in [0.05, 0.1) is 12.3 Å². The highest BCUT2D eigenvalue weighted by molar-refractivity contribution is 7.25. The molecule has 0 unspecified atom stereocenters. The summed E-state index contributed by atoms with van der Waals surface area (Å²) in [5.74, 6) is 0.811. The standard InChI is InChI=1S/C17H14N2O2S/c1-10-8-12(9-20-2)18-17-13(10)14-16(22-17)15(21-19-14)11-6-4-3-5-7-11/h3-8H,9H2,1-2H3. The van der Waals surface area contributed by atoms with E-state index in [1.165, 1.54) is 0 Å². The molecular formula is C17H14N2O2S. The van der Waals surface area contributed by atoms with Gasteiger partial charge in [0.15, 0.2) is 5.76 Å². The Balaban J connectivity index is 1.98. The number of benzene rings is 1. The largest absolute Gasteiger partial charge is 0.378 e. The molecule has 0 aliphatic heterocycles. The van der Waals surface area contributed by atoms with Crippen molar-refractivity contribution in [3.63, 3.8) is 0 Å². The number of pyridine rings is 1. The summed E-state index contributed by atoms with van der Waals surface area (Å²) in [5, 5.41) is 5.36. The summed E-state index contributed by atoms with van der Waals surface area (Å²) in [7, 11) is 1.68. The van der Waals surface area contributed by atoms with Crippen LogP contribution in [0.5, 0.6) is 0 Å². The van der Waals surface area contributed by atoms with Crippen molar-refractivity contribution in [2.75, 3.05) is 7.11 Å². The number of ether oxygens (including phenoxy) is 1. The van der Waals surface area contributed by atoms with Crippen molar-refractivity contribution in [2.24, 2.45) is 0 Å². The lowest BCUT2D eigenvalue weighted by Crippen LogP contribution is -1.93. The predicted molar refractivity (Wildman–Crippen MR) is 88.1 cm³/mol. The zero-order chi connectivity index (χ0) is 15.1. The molecule has 0 saturated carbocycles. The monoisotopic (exact) mass is 310 g/mol. The van der Waals surface area contributed by atoms with Crippen molar-refractivity contribution in [2.45, 2.75) is 13.5 Å². The number of rotatable bonds is 3. The highest BCUT2D eigenvalue weighted by Crippen LogP contribution is 2.40. The first kappa shape index (κ1) is 13.4. The van der Waals surface area contributed by atoms with Crippen LogP contribution in [0.2, 0.25) is 0 Å². The van der Waals surface area contributed by atoms with Gasteiger partial charge >= 0.3 is 0 Å². The van der Waals surface area contributed by atoms with E-state index in [0.29, 0.717) is 6.61 Å². The van der Waals surface area contributed by atoms with E-state index in [9.17, 15) is 0 Å². The van der Waals surface area contributed by atoms with Gasteiger partial charge in [-0.3, -0.25) is 0 Å². The van der Waals surface area contributed by atoms with Crippen LogP contribution in [0.25, 0.3) is 31.8 Å². The van der Waals surface area contributed by atoms with Crippen molar-refractivity contribution in [1.82, 2.24) is 10.1 Å². The Morgan fingerprint density at radius 1 is 1.23 bits per heavy atom. The summed E-state index contributed by atoms with van der Waals surface area (Å²) in [6.07, 6.45) is 0. The molecule has 22 heavy (non-hydrogen) atoms. The van der Waals surface area contributed by atoms with Crippen LogP contribution in [0, 0.1) is 6.92 Å². The summed E-state index contributed by atoms with van der Waals surface area (Å²) in [4.78, 5) is 5.67. The molecule has 3 heterocycles. The van der Waals surface area contributed by atoms with Crippen LogP contribution in [0.3, 0.4) is 0 Å². The number of aromatic nitrogens is 2. The summed E-state index contributed by atoms with van der Waals surface area (Å²) in [6, 6.07) is 12.1. The molecule has 0 spiro atoms. The SMILES string of the molecule is COCc1cc(C)c2c(n1)sc1c(-c3ccccc3)onc12. The molecule has 4 nitrogen and oxygen atoms in total. The van der Waals surface area contributed by atoms with Crippen LogP contribution >= 0.6 is 11.3 Å². The van der Waals surface area contributed by atoms with Crippen LogP contribution in [-0.4, -0.2) is 17.3 Å². The minimum absolute atomic E-state index is 0.516. The van der Waals surface area contributed by atoms with Gasteiger partial charge in [0.2, 0.25) is 0 Å². The number of nitrogens with zero attached hydrogens (tertiary/aromatic N) is 2. The molecule has 0 aliphatic rings. The van der Waals surface area contributed by atoms with Gasteiger partial charge in [-0.05, 0) is 18.6 Å². The molecule has 0 amide bonds. The molecule has 0 bridgehead atoms. The molecule has 0 fully saturated rings. The third-order valence-electron chi connectivity index (χ3n) is 3.65. The molecule has 0 aliphatic carbocycles. The fourth-order valence-electron chi connectivity index (χ4n) is 2.70. The molecule has 110 valence electrons. The molecule has 4 aromatic rings. The van der Waals surface area contributed by atoms with Gasteiger partial charge in [-0.25, -0.2) is 4.98 Å². The predicted octanol–water partition coefficient (Wildman–Crippen LogP) is 4.56. The van der Waals surface area contributed by atoms with E-state index in [1.54, 1.807) is 18.4 Å². The average molecular weight is 310 g/mol. The molecule has 0 atom stereocenters. The summed E-state index contributed by atoms with van der Waals surface area (Å²) < 4.78 is 11.8. The van der Waals surface area contributed by atoms with Gasteiger partial charge in [0, 0.05) is 18.1 Å². The van der Waals surface area contributed by atoms with Crippen molar-refractivity contribution < 1.29 is 9.26 Å². The van der Waals surface area contributed by atoms with Gasteiger partial charge in [0.1, 0.15) is 15.0 Å². The highest BCUT2D eigenvalue weighted by atomic mass is 32.1. The molecule has 4 rings (SSSR count). The van der Waals surface area contributed by atoms with E-state index < -0.39 is 0 Å². The Morgan fingerprint density at radius 3 is 2.82 bits per heavy atom. The van der Waals surface area contributed by atoms with E-state index in [4.69, 9.17) is 9.26 Å². The lowest BCUT2D eigenvalue weighted by molar-refractivity contribution is 0.182. The van der Waals surface area contributed by atoms with Crippen LogP contribution in [-0.2, 0) is 11.3 Å². The minimum Gasteiger partial charge on any atom is -0.378 e. The minimum atomic E-state index is 0.516. The summed E-state index contributed by atoms with van der Waals surface area (Å²) >= 11 is 1.62. The Kier molecular flexibility index (Phi) is 3.17. The third kappa shape index (κ3) is 2.01. The normalized spacial score (nSPS) is 11.5. The topological polar surface area (TPSA) is 48.2 Å². The van der Waals surface area contributed by atoms with Crippen LogP contribution in [0.4, 0.5) is 0 Å². The molecule has 5 heteroatoms. The van der Waals surface area contributed by atoms with E-state index >= 15 is 0 Å². The number of fused-ring (bicyclic) bond motifs is 3. The lowest BCUT2D eigenvalue weighted by Gasteiger charge is -2.01. The quantitative estimate of drug-likeness (QED) is 0.556. The Labute approximate surface area is 131 Å². The first-order valence-electron chi connectivity index (χ1n) is 7.00. The second-order valence-corrected chi connectivity index (χ2v) is 6.20. The van der Waals surface area contributed by atoms with Gasteiger partial charge in [0.25, 0.3) is 0 Å². The van der Waals surface area contributed by atoms with Crippen LogP contribution < -0.4 is 0 Å². The van der Waals surface area contributed by atoms with Crippen LogP contribution in [0.1, 0.15) is 11.3 Å². The molecule has 0 radical (unpaired) electrons. The first-order chi connectivity index (χ1) is 10.8. The molecule has 3 aromatic heterocycles. The maximum absolute atomic E-state index is 5.59. The number of hydrogen-bond acceptors (Lipinski definition) is 5. The van der Waals surface area contributed by atoms with Crippen molar-refractivity contribution >= 4 is 31.8 Å². The van der Waals surface area contributed by atoms with Crippen LogP contribution in [0.15, 0.2) is 40.9 Å². The lowest BCUT2D eigenvalue weighted by atomic mass is 10.1. The van der Waals surface area contributed by atoms with E-state index in [-0.39, 0.29) is 0 Å². The maximum atomic E-state index is 5.59. The molecule has 0 saturated heterocycles. The average Bonchev–Trinajstić information content (AvgIpc) is 3.06. The fourth-order valence-corrected chi connectivity index (χ4v) is 3.90.